The van der Waals surface area contributed by atoms with E-state index in [-0.39, 0.29) is 11.4 Å². The van der Waals surface area contributed by atoms with E-state index in [1.54, 1.807) is 4.57 Å². The number of unbranched alkanes of at least 4 members (excludes halogenated alkanes) is 1. The highest BCUT2D eigenvalue weighted by Crippen LogP contribution is 2.18. The molecule has 6 nitrogen and oxygen atoms in total. The van der Waals surface area contributed by atoms with E-state index in [4.69, 9.17) is 4.74 Å². The van der Waals surface area contributed by atoms with E-state index in [0.717, 1.165) is 19.3 Å². The summed E-state index contributed by atoms with van der Waals surface area (Å²) in [7, 11) is 0. The topological polar surface area (TPSA) is 74.4 Å². The highest BCUT2D eigenvalue weighted by Gasteiger charge is 2.19. The van der Waals surface area contributed by atoms with Crippen molar-refractivity contribution in [3.8, 4) is 0 Å². The van der Waals surface area contributed by atoms with Crippen molar-refractivity contribution in [2.75, 3.05) is 6.61 Å². The van der Waals surface area contributed by atoms with Crippen LogP contribution in [0.2, 0.25) is 0 Å². The number of nitro groups is 1. The van der Waals surface area contributed by atoms with Crippen molar-refractivity contribution in [3.05, 3.63) is 28.1 Å². The maximum atomic E-state index is 11.8. The first kappa shape index (κ1) is 14.2. The van der Waals surface area contributed by atoms with Crippen LogP contribution in [0.1, 0.15) is 43.6 Å². The second-order valence-corrected chi connectivity index (χ2v) is 4.02. The number of hydrogen-bond acceptors (Lipinski definition) is 4. The SMILES string of the molecule is CCCCOC(=O)c1cc([N+](=O)[O-])cn1CCC. The molecule has 18 heavy (non-hydrogen) atoms. The van der Waals surface area contributed by atoms with Gasteiger partial charge in [0, 0.05) is 12.6 Å². The molecule has 0 N–H and O–H groups in total. The molecule has 0 saturated carbocycles. The third kappa shape index (κ3) is 3.58. The molecule has 100 valence electrons. The van der Waals surface area contributed by atoms with Gasteiger partial charge in [-0.2, -0.15) is 0 Å². The number of aryl methyl sites for hydroxylation is 1. The number of carbonyl (C=O) groups excluding carboxylic acids is 1. The summed E-state index contributed by atoms with van der Waals surface area (Å²) in [6.45, 7) is 4.85. The van der Waals surface area contributed by atoms with Gasteiger partial charge in [0.15, 0.2) is 0 Å². The van der Waals surface area contributed by atoms with E-state index < -0.39 is 10.9 Å². The van der Waals surface area contributed by atoms with Crippen LogP contribution in [0.5, 0.6) is 0 Å². The summed E-state index contributed by atoms with van der Waals surface area (Å²) in [6, 6.07) is 1.27. The number of hydrogen-bond donors (Lipinski definition) is 0. The fourth-order valence-corrected chi connectivity index (χ4v) is 1.57. The molecule has 0 bridgehead atoms. The number of nitrogens with zero attached hydrogens (tertiary/aromatic N) is 2. The van der Waals surface area contributed by atoms with Crippen molar-refractivity contribution in [1.29, 1.82) is 0 Å². The summed E-state index contributed by atoms with van der Waals surface area (Å²) in [6.07, 6.45) is 3.90. The maximum absolute atomic E-state index is 11.8. The molecule has 0 aliphatic heterocycles. The van der Waals surface area contributed by atoms with Crippen molar-refractivity contribution in [1.82, 2.24) is 4.57 Å². The lowest BCUT2D eigenvalue weighted by atomic mass is 10.3. The first-order valence-corrected chi connectivity index (χ1v) is 6.11. The molecule has 0 aromatic carbocycles. The highest BCUT2D eigenvalue weighted by molar-refractivity contribution is 5.88. The summed E-state index contributed by atoms with van der Waals surface area (Å²) in [5.41, 5.74) is 0.172. The molecular weight excluding hydrogens is 236 g/mol. The van der Waals surface area contributed by atoms with Crippen LogP contribution in [-0.4, -0.2) is 22.1 Å². The normalized spacial score (nSPS) is 10.3. The molecule has 1 aromatic heterocycles. The zero-order chi connectivity index (χ0) is 13.5. The first-order chi connectivity index (χ1) is 8.60. The number of esters is 1. The van der Waals surface area contributed by atoms with Gasteiger partial charge in [0.2, 0.25) is 0 Å². The lowest BCUT2D eigenvalue weighted by Gasteiger charge is -2.06. The number of carbonyl (C=O) groups is 1. The van der Waals surface area contributed by atoms with Crippen LogP contribution >= 0.6 is 0 Å². The van der Waals surface area contributed by atoms with Crippen molar-refractivity contribution in [2.24, 2.45) is 0 Å². The predicted molar refractivity (Wildman–Crippen MR) is 66.6 cm³/mol. The summed E-state index contributed by atoms with van der Waals surface area (Å²) < 4.78 is 6.64. The smallest absolute Gasteiger partial charge is 0.355 e. The predicted octanol–water partition coefficient (Wildman–Crippen LogP) is 2.76. The highest BCUT2D eigenvalue weighted by atomic mass is 16.6. The molecule has 1 heterocycles. The van der Waals surface area contributed by atoms with Crippen LogP contribution < -0.4 is 0 Å². The Labute approximate surface area is 106 Å². The van der Waals surface area contributed by atoms with E-state index in [1.165, 1.54) is 12.3 Å². The van der Waals surface area contributed by atoms with Gasteiger partial charge in [-0.3, -0.25) is 10.1 Å². The number of rotatable bonds is 7. The summed E-state index contributed by atoms with van der Waals surface area (Å²) >= 11 is 0. The quantitative estimate of drug-likeness (QED) is 0.324. The monoisotopic (exact) mass is 254 g/mol. The third-order valence-electron chi connectivity index (χ3n) is 2.50. The fraction of sp³-hybridized carbons (Fsp3) is 0.583. The Kier molecular flexibility index (Phi) is 5.35. The minimum absolute atomic E-state index is 0.0779. The van der Waals surface area contributed by atoms with Crippen LogP contribution in [0, 0.1) is 10.1 Å². The van der Waals surface area contributed by atoms with Gasteiger partial charge in [0.05, 0.1) is 17.7 Å². The summed E-state index contributed by atoms with van der Waals surface area (Å²) in [5.74, 6) is -0.495. The molecule has 0 amide bonds. The molecule has 0 atom stereocenters. The Bertz CT molecular complexity index is 426. The maximum Gasteiger partial charge on any atom is 0.355 e. The lowest BCUT2D eigenvalue weighted by molar-refractivity contribution is -0.384. The Morgan fingerprint density at radius 3 is 2.72 bits per heavy atom. The van der Waals surface area contributed by atoms with Crippen LogP contribution in [-0.2, 0) is 11.3 Å². The van der Waals surface area contributed by atoms with Gasteiger partial charge in [0.1, 0.15) is 5.69 Å². The standard InChI is InChI=1S/C12H18N2O4/c1-3-5-7-18-12(15)11-8-10(14(16)17)9-13(11)6-4-2/h8-9H,3-7H2,1-2H3. The number of aromatic nitrogens is 1. The van der Waals surface area contributed by atoms with Crippen molar-refractivity contribution >= 4 is 11.7 Å². The van der Waals surface area contributed by atoms with E-state index in [1.807, 2.05) is 13.8 Å². The van der Waals surface area contributed by atoms with E-state index >= 15 is 0 Å². The third-order valence-corrected chi connectivity index (χ3v) is 2.50. The average Bonchev–Trinajstić information content (AvgIpc) is 2.74. The van der Waals surface area contributed by atoms with Gasteiger partial charge in [-0.25, -0.2) is 4.79 Å². The number of ether oxygens (including phenoxy) is 1. The Morgan fingerprint density at radius 2 is 2.17 bits per heavy atom. The van der Waals surface area contributed by atoms with E-state index in [0.29, 0.717) is 13.2 Å². The van der Waals surface area contributed by atoms with Gasteiger partial charge in [0.25, 0.3) is 5.69 Å². The molecular formula is C12H18N2O4. The van der Waals surface area contributed by atoms with Crippen LogP contribution in [0.4, 0.5) is 5.69 Å². The molecule has 0 radical (unpaired) electrons. The van der Waals surface area contributed by atoms with Crippen LogP contribution in [0.25, 0.3) is 0 Å². The molecule has 1 aromatic rings. The Morgan fingerprint density at radius 1 is 1.44 bits per heavy atom. The first-order valence-electron chi connectivity index (χ1n) is 6.11. The van der Waals surface area contributed by atoms with Gasteiger partial charge in [-0.1, -0.05) is 20.3 Å². The minimum atomic E-state index is -0.505. The molecule has 0 aliphatic carbocycles. The van der Waals surface area contributed by atoms with Crippen molar-refractivity contribution < 1.29 is 14.5 Å². The fourth-order valence-electron chi connectivity index (χ4n) is 1.57. The zero-order valence-electron chi connectivity index (χ0n) is 10.7. The van der Waals surface area contributed by atoms with Crippen LogP contribution in [0.15, 0.2) is 12.3 Å². The van der Waals surface area contributed by atoms with Crippen LogP contribution in [0.3, 0.4) is 0 Å². The van der Waals surface area contributed by atoms with E-state index in [2.05, 4.69) is 0 Å². The molecule has 0 spiro atoms. The largest absolute Gasteiger partial charge is 0.461 e. The summed E-state index contributed by atoms with van der Waals surface area (Å²) in [5, 5.41) is 10.7. The summed E-state index contributed by atoms with van der Waals surface area (Å²) in [4.78, 5) is 22.0. The van der Waals surface area contributed by atoms with Gasteiger partial charge in [-0.15, -0.1) is 0 Å². The van der Waals surface area contributed by atoms with Crippen molar-refractivity contribution in [2.45, 2.75) is 39.7 Å². The van der Waals surface area contributed by atoms with Crippen molar-refractivity contribution in [3.63, 3.8) is 0 Å². The van der Waals surface area contributed by atoms with E-state index in [9.17, 15) is 14.9 Å². The Balaban J connectivity index is 2.84. The lowest BCUT2D eigenvalue weighted by Crippen LogP contribution is -2.12. The molecule has 0 aliphatic rings. The second kappa shape index (κ2) is 6.78. The minimum Gasteiger partial charge on any atom is -0.461 e. The molecule has 6 heteroatoms. The zero-order valence-corrected chi connectivity index (χ0v) is 10.7. The van der Waals surface area contributed by atoms with Gasteiger partial charge < -0.3 is 9.30 Å². The van der Waals surface area contributed by atoms with Gasteiger partial charge in [-0.05, 0) is 12.8 Å². The Hall–Kier alpha value is -1.85. The second-order valence-electron chi connectivity index (χ2n) is 4.02. The van der Waals surface area contributed by atoms with Gasteiger partial charge >= 0.3 is 5.97 Å². The molecule has 0 fully saturated rings. The average molecular weight is 254 g/mol. The molecule has 1 rings (SSSR count). The molecule has 0 saturated heterocycles. The molecule has 0 unspecified atom stereocenters.